The fourth-order valence-electron chi connectivity index (χ4n) is 4.26. The quantitative estimate of drug-likeness (QED) is 0.272. The highest BCUT2D eigenvalue weighted by Crippen LogP contribution is 2.42. The van der Waals surface area contributed by atoms with Crippen molar-refractivity contribution in [3.63, 3.8) is 0 Å². The molecule has 0 aliphatic carbocycles. The second-order valence-corrected chi connectivity index (χ2v) is 9.18. The van der Waals surface area contributed by atoms with E-state index in [9.17, 15) is 19.7 Å². The van der Waals surface area contributed by atoms with Gasteiger partial charge in [0.15, 0.2) is 0 Å². The number of rotatable bonds is 10. The summed E-state index contributed by atoms with van der Waals surface area (Å²) in [5.74, 6) is -2.35. The number of nitrogens with one attached hydrogen (secondary N) is 1. The van der Waals surface area contributed by atoms with Crippen LogP contribution in [0.3, 0.4) is 0 Å². The third-order valence-electron chi connectivity index (χ3n) is 6.01. The minimum absolute atomic E-state index is 0.0802. The molecular weight excluding hydrogens is 476 g/mol. The van der Waals surface area contributed by atoms with Gasteiger partial charge in [0.2, 0.25) is 0 Å². The summed E-state index contributed by atoms with van der Waals surface area (Å²) in [6.45, 7) is 7.22. The van der Waals surface area contributed by atoms with Crippen molar-refractivity contribution in [1.82, 2.24) is 5.32 Å². The van der Waals surface area contributed by atoms with Crippen molar-refractivity contribution in [1.29, 1.82) is 0 Å². The summed E-state index contributed by atoms with van der Waals surface area (Å²) in [7, 11) is 1.52. The molecule has 9 nitrogen and oxygen atoms in total. The molecule has 2 aromatic carbocycles. The smallest absolute Gasteiger partial charge is 0.336 e. The van der Waals surface area contributed by atoms with Gasteiger partial charge in [0.1, 0.15) is 12.7 Å². The molecule has 1 heterocycles. The van der Waals surface area contributed by atoms with Gasteiger partial charge in [-0.05, 0) is 25.3 Å². The molecule has 3 rings (SSSR count). The van der Waals surface area contributed by atoms with Gasteiger partial charge in [0.25, 0.3) is 5.69 Å². The van der Waals surface area contributed by atoms with Crippen LogP contribution in [0.25, 0.3) is 0 Å². The third-order valence-corrected chi connectivity index (χ3v) is 6.01. The fourth-order valence-corrected chi connectivity index (χ4v) is 4.26. The van der Waals surface area contributed by atoms with Crippen molar-refractivity contribution in [2.75, 3.05) is 20.3 Å². The van der Waals surface area contributed by atoms with E-state index >= 15 is 0 Å². The van der Waals surface area contributed by atoms with Crippen LogP contribution in [-0.4, -0.2) is 37.2 Å². The maximum Gasteiger partial charge on any atom is 0.336 e. The number of nitrogens with zero attached hydrogens (tertiary/aromatic N) is 1. The van der Waals surface area contributed by atoms with Gasteiger partial charge in [-0.1, -0.05) is 62.4 Å². The lowest BCUT2D eigenvalue weighted by Gasteiger charge is -2.30. The van der Waals surface area contributed by atoms with Crippen LogP contribution in [0.4, 0.5) is 5.69 Å². The molecule has 1 N–H and O–H groups in total. The van der Waals surface area contributed by atoms with Crippen LogP contribution in [-0.2, 0) is 23.8 Å². The largest absolute Gasteiger partial charge is 0.462 e. The molecule has 9 heteroatoms. The van der Waals surface area contributed by atoms with Crippen molar-refractivity contribution < 1.29 is 28.7 Å². The lowest BCUT2D eigenvalue weighted by molar-refractivity contribution is -0.385. The minimum Gasteiger partial charge on any atom is -0.462 e. The van der Waals surface area contributed by atoms with Crippen LogP contribution in [0.1, 0.15) is 50.8 Å². The number of allylic oxidation sites excluding steroid dienone is 2. The van der Waals surface area contributed by atoms with Gasteiger partial charge in [-0.15, -0.1) is 0 Å². The van der Waals surface area contributed by atoms with Gasteiger partial charge in [-0.3, -0.25) is 10.1 Å². The Morgan fingerprint density at radius 3 is 2.00 bits per heavy atom. The van der Waals surface area contributed by atoms with Crippen LogP contribution in [0.5, 0.6) is 0 Å². The second kappa shape index (κ2) is 12.3. The number of carbonyl (C=O) groups excluding carboxylic acids is 2. The first-order chi connectivity index (χ1) is 17.6. The predicted octanol–water partition coefficient (Wildman–Crippen LogP) is 4.96. The summed E-state index contributed by atoms with van der Waals surface area (Å²) in [5.41, 5.74) is 1.91. The Hall–Kier alpha value is -3.98. The number of hydrogen-bond donors (Lipinski definition) is 1. The van der Waals surface area contributed by atoms with E-state index in [4.69, 9.17) is 14.2 Å². The van der Waals surface area contributed by atoms with Crippen LogP contribution in [0, 0.1) is 16.0 Å². The zero-order chi connectivity index (χ0) is 27.1. The van der Waals surface area contributed by atoms with E-state index in [1.807, 2.05) is 44.2 Å². The van der Waals surface area contributed by atoms with Crippen molar-refractivity contribution in [3.8, 4) is 0 Å². The molecule has 37 heavy (non-hydrogen) atoms. The van der Waals surface area contributed by atoms with Gasteiger partial charge in [-0.2, -0.15) is 0 Å². The van der Waals surface area contributed by atoms with Crippen LogP contribution >= 0.6 is 0 Å². The first kappa shape index (κ1) is 27.6. The van der Waals surface area contributed by atoms with Gasteiger partial charge >= 0.3 is 11.9 Å². The number of methoxy groups -OCH3 is 1. The molecule has 0 radical (unpaired) electrons. The zero-order valence-corrected chi connectivity index (χ0v) is 21.6. The van der Waals surface area contributed by atoms with Crippen LogP contribution < -0.4 is 5.32 Å². The maximum atomic E-state index is 13.5. The Bertz CT molecular complexity index is 1220. The van der Waals surface area contributed by atoms with Crippen molar-refractivity contribution in [3.05, 3.63) is 98.4 Å². The number of carbonyl (C=O) groups is 2. The molecule has 1 aliphatic rings. The Kier molecular flexibility index (Phi) is 9.19. The summed E-state index contributed by atoms with van der Waals surface area (Å²) in [5, 5.41) is 15.0. The summed E-state index contributed by atoms with van der Waals surface area (Å²) in [6.07, 6.45) is -0.514. The molecule has 0 saturated carbocycles. The fraction of sp³-hybridized carbons (Fsp3) is 0.357. The van der Waals surface area contributed by atoms with Crippen molar-refractivity contribution >= 4 is 17.6 Å². The molecule has 0 bridgehead atoms. The van der Waals surface area contributed by atoms with E-state index in [-0.39, 0.29) is 41.5 Å². The first-order valence-electron chi connectivity index (χ1n) is 12.0. The van der Waals surface area contributed by atoms with Crippen LogP contribution in [0.15, 0.2) is 77.1 Å². The number of esters is 2. The van der Waals surface area contributed by atoms with E-state index in [0.717, 1.165) is 5.56 Å². The van der Waals surface area contributed by atoms with Gasteiger partial charge in [0.05, 0.1) is 28.6 Å². The van der Waals surface area contributed by atoms with E-state index in [1.165, 1.54) is 19.2 Å². The number of hydrogen-bond acceptors (Lipinski definition) is 8. The lowest BCUT2D eigenvalue weighted by Crippen LogP contribution is -2.33. The Morgan fingerprint density at radius 1 is 0.919 bits per heavy atom. The molecule has 0 fully saturated rings. The van der Waals surface area contributed by atoms with E-state index in [0.29, 0.717) is 11.4 Å². The predicted molar refractivity (Wildman–Crippen MR) is 137 cm³/mol. The number of para-hydroxylation sites is 1. The lowest BCUT2D eigenvalue weighted by atomic mass is 9.79. The molecule has 1 aliphatic heterocycles. The highest BCUT2D eigenvalue weighted by Gasteiger charge is 2.41. The number of ether oxygens (including phenoxy) is 3. The monoisotopic (exact) mass is 508 g/mol. The maximum absolute atomic E-state index is 13.5. The summed E-state index contributed by atoms with van der Waals surface area (Å²) >= 11 is 0. The average molecular weight is 509 g/mol. The summed E-state index contributed by atoms with van der Waals surface area (Å²) in [4.78, 5) is 38.2. The molecule has 196 valence electrons. The molecular formula is C28H32N2O7. The van der Waals surface area contributed by atoms with Crippen molar-refractivity contribution in [2.45, 2.75) is 39.7 Å². The number of dihydropyridines is 1. The summed E-state index contributed by atoms with van der Waals surface area (Å²) in [6, 6.07) is 15.4. The molecule has 0 saturated heterocycles. The average Bonchev–Trinajstić information content (AvgIpc) is 2.87. The van der Waals surface area contributed by atoms with Crippen LogP contribution in [0.2, 0.25) is 0 Å². The van der Waals surface area contributed by atoms with E-state index in [1.54, 1.807) is 26.0 Å². The van der Waals surface area contributed by atoms with Crippen molar-refractivity contribution in [2.24, 2.45) is 5.92 Å². The minimum atomic E-state index is -1.06. The first-order valence-corrected chi connectivity index (χ1v) is 12.0. The highest BCUT2D eigenvalue weighted by molar-refractivity contribution is 6.00. The Morgan fingerprint density at radius 2 is 1.46 bits per heavy atom. The van der Waals surface area contributed by atoms with Gasteiger partial charge in [0, 0.05) is 30.1 Å². The molecule has 2 aromatic rings. The molecule has 0 aromatic heterocycles. The molecule has 2 unspecified atom stereocenters. The zero-order valence-electron chi connectivity index (χ0n) is 21.6. The SMILES string of the molecule is COC(COC(=O)C1=C(C)NC(C)=C(C(=O)OCC(C)C)C1c1ccccc1[N+](=O)[O-])c1ccccc1. The highest BCUT2D eigenvalue weighted by atomic mass is 16.6. The Balaban J connectivity index is 2.03. The number of benzene rings is 2. The van der Waals surface area contributed by atoms with E-state index < -0.39 is 28.9 Å². The van der Waals surface area contributed by atoms with E-state index in [2.05, 4.69) is 5.32 Å². The molecule has 0 spiro atoms. The topological polar surface area (TPSA) is 117 Å². The normalized spacial score (nSPS) is 16.3. The number of nitro benzene ring substituents is 1. The third kappa shape index (κ3) is 6.42. The standard InChI is InChI=1S/C28H32N2O7/c1-17(2)15-36-27(31)24-18(3)29-19(4)25(26(24)21-13-9-10-14-22(21)30(33)34)28(32)37-16-23(35-5)20-11-7-6-8-12-20/h6-14,17,23,26,29H,15-16H2,1-5H3. The van der Waals surface area contributed by atoms with Gasteiger partial charge < -0.3 is 19.5 Å². The second-order valence-electron chi connectivity index (χ2n) is 9.18. The molecule has 0 amide bonds. The van der Waals surface area contributed by atoms with Gasteiger partial charge in [-0.25, -0.2) is 9.59 Å². The number of nitro groups is 1. The molecule has 2 atom stereocenters. The Labute approximate surface area is 216 Å². The summed E-state index contributed by atoms with van der Waals surface area (Å²) < 4.78 is 16.7.